The van der Waals surface area contributed by atoms with Crippen LogP contribution in [0.4, 0.5) is 5.69 Å². The molecule has 1 aliphatic rings. The number of rotatable bonds is 6. The van der Waals surface area contributed by atoms with Gasteiger partial charge in [-0.25, -0.2) is 0 Å². The van der Waals surface area contributed by atoms with E-state index in [4.69, 9.17) is 31.2 Å². The van der Waals surface area contributed by atoms with E-state index in [1.165, 1.54) is 32.3 Å². The topological polar surface area (TPSA) is 86.3 Å². The van der Waals surface area contributed by atoms with E-state index >= 15 is 0 Å². The number of anilines is 1. The second-order valence-electron chi connectivity index (χ2n) is 6.08. The molecule has 8 nitrogen and oxygen atoms in total. The molecule has 0 aliphatic carbocycles. The highest BCUT2D eigenvalue weighted by Crippen LogP contribution is 2.40. The van der Waals surface area contributed by atoms with Gasteiger partial charge in [-0.1, -0.05) is 0 Å². The number of hydrogen-bond acceptors (Lipinski definition) is 7. The van der Waals surface area contributed by atoms with Crippen LogP contribution in [0, 0.1) is 0 Å². The number of carbonyl (C=O) groups excluding carboxylic acids is 2. The van der Waals surface area contributed by atoms with Crippen LogP contribution >= 0.6 is 12.2 Å². The van der Waals surface area contributed by atoms with Crippen molar-refractivity contribution in [2.75, 3.05) is 33.3 Å². The summed E-state index contributed by atoms with van der Waals surface area (Å²) in [5.74, 6) is 0.591. The fourth-order valence-electron chi connectivity index (χ4n) is 3.02. The molecule has 0 aromatic heterocycles. The van der Waals surface area contributed by atoms with Crippen molar-refractivity contribution >= 4 is 40.9 Å². The first-order chi connectivity index (χ1) is 14.4. The molecule has 0 atom stereocenters. The highest BCUT2D eigenvalue weighted by molar-refractivity contribution is 7.80. The lowest BCUT2D eigenvalue weighted by Gasteiger charge is -2.29. The molecule has 9 heteroatoms. The van der Waals surface area contributed by atoms with Crippen molar-refractivity contribution in [3.8, 4) is 23.0 Å². The molecule has 156 valence electrons. The van der Waals surface area contributed by atoms with E-state index in [2.05, 4.69) is 5.32 Å². The van der Waals surface area contributed by atoms with Crippen molar-refractivity contribution < 1.29 is 28.5 Å². The average molecular weight is 428 g/mol. The number of ether oxygens (including phenoxy) is 4. The Morgan fingerprint density at radius 3 is 2.10 bits per heavy atom. The maximum atomic E-state index is 13.2. The number of thiocarbonyl (C=S) groups is 1. The van der Waals surface area contributed by atoms with Crippen molar-refractivity contribution in [2.24, 2.45) is 0 Å². The Labute approximate surface area is 179 Å². The Bertz CT molecular complexity index is 1030. The minimum Gasteiger partial charge on any atom is -0.497 e. The van der Waals surface area contributed by atoms with E-state index < -0.39 is 11.8 Å². The lowest BCUT2D eigenvalue weighted by molar-refractivity contribution is -0.122. The first-order valence-corrected chi connectivity index (χ1v) is 9.20. The van der Waals surface area contributed by atoms with E-state index in [1.54, 1.807) is 43.5 Å². The maximum absolute atomic E-state index is 13.2. The highest BCUT2D eigenvalue weighted by Gasteiger charge is 2.35. The van der Waals surface area contributed by atoms with Gasteiger partial charge < -0.3 is 18.9 Å². The predicted molar refractivity (Wildman–Crippen MR) is 115 cm³/mol. The van der Waals surface area contributed by atoms with Crippen LogP contribution in [0.3, 0.4) is 0 Å². The first-order valence-electron chi connectivity index (χ1n) is 8.79. The van der Waals surface area contributed by atoms with Crippen LogP contribution in [-0.2, 0) is 9.59 Å². The van der Waals surface area contributed by atoms with Gasteiger partial charge in [0.05, 0.1) is 34.1 Å². The van der Waals surface area contributed by atoms with Gasteiger partial charge in [0, 0.05) is 5.56 Å². The molecule has 2 aromatic carbocycles. The van der Waals surface area contributed by atoms with Crippen molar-refractivity contribution in [3.05, 3.63) is 47.5 Å². The lowest BCUT2D eigenvalue weighted by Crippen LogP contribution is -2.54. The van der Waals surface area contributed by atoms with Crippen molar-refractivity contribution in [2.45, 2.75) is 0 Å². The maximum Gasteiger partial charge on any atom is 0.270 e. The van der Waals surface area contributed by atoms with Gasteiger partial charge in [0.25, 0.3) is 11.8 Å². The summed E-state index contributed by atoms with van der Waals surface area (Å²) in [5.41, 5.74) is 0.858. The molecule has 1 N–H and O–H groups in total. The van der Waals surface area contributed by atoms with E-state index in [1.807, 2.05) is 0 Å². The fraction of sp³-hybridized carbons (Fsp3) is 0.190. The highest BCUT2D eigenvalue weighted by atomic mass is 32.1. The zero-order chi connectivity index (χ0) is 21.8. The number of carbonyl (C=O) groups is 2. The summed E-state index contributed by atoms with van der Waals surface area (Å²) in [6, 6.07) is 10.1. The summed E-state index contributed by atoms with van der Waals surface area (Å²) >= 11 is 5.22. The van der Waals surface area contributed by atoms with Gasteiger partial charge in [-0.15, -0.1) is 0 Å². The number of hydrogen-bond donors (Lipinski definition) is 1. The minimum absolute atomic E-state index is 0.00778. The molecule has 1 fully saturated rings. The van der Waals surface area contributed by atoms with Gasteiger partial charge in [-0.3, -0.25) is 19.8 Å². The number of methoxy groups -OCH3 is 4. The largest absolute Gasteiger partial charge is 0.497 e. The van der Waals surface area contributed by atoms with Crippen molar-refractivity contribution in [1.29, 1.82) is 0 Å². The second-order valence-corrected chi connectivity index (χ2v) is 6.47. The van der Waals surface area contributed by atoms with Gasteiger partial charge in [0.15, 0.2) is 16.6 Å². The normalized spacial score (nSPS) is 15.1. The quantitative estimate of drug-likeness (QED) is 0.430. The van der Waals surface area contributed by atoms with Crippen LogP contribution in [0.1, 0.15) is 5.56 Å². The molecular formula is C21H20N2O6S. The zero-order valence-corrected chi connectivity index (χ0v) is 17.7. The third-order valence-corrected chi connectivity index (χ3v) is 4.75. The third kappa shape index (κ3) is 3.79. The van der Waals surface area contributed by atoms with Crippen LogP contribution in [0.5, 0.6) is 23.0 Å². The van der Waals surface area contributed by atoms with Crippen LogP contribution in [0.15, 0.2) is 42.0 Å². The SMILES string of the molecule is COc1ccc(N2C(=O)/C(=C/c3ccc(OC)c(OC)c3OC)C(=O)NC2=S)cc1. The molecule has 2 aromatic rings. The number of amides is 2. The summed E-state index contributed by atoms with van der Waals surface area (Å²) < 4.78 is 21.2. The second kappa shape index (κ2) is 8.83. The number of benzene rings is 2. The standard InChI is InChI=1S/C21H20N2O6S/c1-26-14-8-6-13(7-9-14)23-20(25)15(19(24)22-21(23)30)11-12-5-10-16(27-2)18(29-4)17(12)28-3/h5-11H,1-4H3,(H,22,24,30)/b15-11+. The summed E-state index contributed by atoms with van der Waals surface area (Å²) in [6.07, 6.45) is 1.43. The molecule has 30 heavy (non-hydrogen) atoms. The van der Waals surface area contributed by atoms with Crippen molar-refractivity contribution in [1.82, 2.24) is 5.32 Å². The van der Waals surface area contributed by atoms with Gasteiger partial charge in [-0.05, 0) is 54.7 Å². The van der Waals surface area contributed by atoms with Crippen LogP contribution in [-0.4, -0.2) is 45.4 Å². The minimum atomic E-state index is -0.605. The summed E-state index contributed by atoms with van der Waals surface area (Å²) in [6.45, 7) is 0. The van der Waals surface area contributed by atoms with Crippen molar-refractivity contribution in [3.63, 3.8) is 0 Å². The third-order valence-electron chi connectivity index (χ3n) is 4.47. The van der Waals surface area contributed by atoms with Gasteiger partial charge in [0.2, 0.25) is 5.75 Å². The Morgan fingerprint density at radius 1 is 0.867 bits per heavy atom. The summed E-state index contributed by atoms with van der Waals surface area (Å²) in [5, 5.41) is 2.54. The van der Waals surface area contributed by atoms with Crippen LogP contribution < -0.4 is 29.2 Å². The fourth-order valence-corrected chi connectivity index (χ4v) is 3.30. The zero-order valence-electron chi connectivity index (χ0n) is 16.8. The van der Waals surface area contributed by atoms with Crippen LogP contribution in [0.2, 0.25) is 0 Å². The lowest BCUT2D eigenvalue weighted by atomic mass is 10.1. The molecule has 0 radical (unpaired) electrons. The Morgan fingerprint density at radius 2 is 1.53 bits per heavy atom. The molecular weight excluding hydrogens is 408 g/mol. The smallest absolute Gasteiger partial charge is 0.270 e. The van der Waals surface area contributed by atoms with E-state index in [-0.39, 0.29) is 10.7 Å². The molecule has 0 bridgehead atoms. The average Bonchev–Trinajstić information content (AvgIpc) is 2.76. The molecule has 0 spiro atoms. The van der Waals surface area contributed by atoms with Gasteiger partial charge in [0.1, 0.15) is 11.3 Å². The van der Waals surface area contributed by atoms with Crippen LogP contribution in [0.25, 0.3) is 6.08 Å². The van der Waals surface area contributed by atoms with E-state index in [0.717, 1.165) is 0 Å². The van der Waals surface area contributed by atoms with Gasteiger partial charge in [-0.2, -0.15) is 0 Å². The molecule has 3 rings (SSSR count). The summed E-state index contributed by atoms with van der Waals surface area (Å²) in [4.78, 5) is 27.0. The Balaban J connectivity index is 2.06. The molecule has 2 amide bonds. The van der Waals surface area contributed by atoms with E-state index in [9.17, 15) is 9.59 Å². The predicted octanol–water partition coefficient (Wildman–Crippen LogP) is 2.55. The monoisotopic (exact) mass is 428 g/mol. The Hall–Kier alpha value is -3.59. The first kappa shape index (κ1) is 21.1. The number of nitrogens with one attached hydrogen (secondary N) is 1. The molecule has 0 unspecified atom stereocenters. The molecule has 1 aliphatic heterocycles. The van der Waals surface area contributed by atoms with Gasteiger partial charge >= 0.3 is 0 Å². The number of nitrogens with zero attached hydrogens (tertiary/aromatic N) is 1. The molecule has 1 saturated heterocycles. The summed E-state index contributed by atoms with van der Waals surface area (Å²) in [7, 11) is 5.98. The molecule has 1 heterocycles. The molecule has 0 saturated carbocycles. The van der Waals surface area contributed by atoms with E-state index in [0.29, 0.717) is 34.2 Å². The Kier molecular flexibility index (Phi) is 6.22.